The van der Waals surface area contributed by atoms with Crippen LogP contribution in [0.5, 0.6) is 0 Å². The highest BCUT2D eigenvalue weighted by Crippen LogP contribution is 2.32. The quantitative estimate of drug-likeness (QED) is 0.627. The Kier molecular flexibility index (Phi) is 3.23. The van der Waals surface area contributed by atoms with Crippen molar-refractivity contribution in [3.8, 4) is 0 Å². The van der Waals surface area contributed by atoms with Gasteiger partial charge in [-0.15, -0.1) is 0 Å². The van der Waals surface area contributed by atoms with Gasteiger partial charge in [0.2, 0.25) is 0 Å². The van der Waals surface area contributed by atoms with Gasteiger partial charge in [0.25, 0.3) is 5.69 Å². The number of fused-ring (bicyclic) bond motifs is 1. The summed E-state index contributed by atoms with van der Waals surface area (Å²) in [6.45, 7) is 0. The van der Waals surface area contributed by atoms with Crippen molar-refractivity contribution < 1.29 is 4.92 Å². The van der Waals surface area contributed by atoms with Crippen molar-refractivity contribution in [2.75, 3.05) is 19.0 Å². The third kappa shape index (κ3) is 2.16. The molecule has 0 saturated heterocycles. The fourth-order valence-electron chi connectivity index (χ4n) is 1.54. The molecule has 6 nitrogen and oxygen atoms in total. The molecular formula is C10H8Cl2N4O2. The average molecular weight is 287 g/mol. The smallest absolute Gasteiger partial charge is 0.294 e. The normalized spacial score (nSPS) is 10.7. The number of aromatic nitrogens is 2. The zero-order valence-electron chi connectivity index (χ0n) is 9.52. The zero-order valence-corrected chi connectivity index (χ0v) is 11.0. The van der Waals surface area contributed by atoms with Gasteiger partial charge in [0.1, 0.15) is 5.69 Å². The Balaban J connectivity index is 2.80. The molecule has 1 aromatic carbocycles. The van der Waals surface area contributed by atoms with Crippen molar-refractivity contribution in [3.05, 3.63) is 32.6 Å². The number of hydrogen-bond acceptors (Lipinski definition) is 5. The van der Waals surface area contributed by atoms with E-state index in [1.165, 1.54) is 6.07 Å². The highest BCUT2D eigenvalue weighted by Gasteiger charge is 2.18. The fourth-order valence-corrected chi connectivity index (χ4v) is 1.81. The van der Waals surface area contributed by atoms with E-state index >= 15 is 0 Å². The van der Waals surface area contributed by atoms with E-state index in [1.807, 2.05) is 0 Å². The molecule has 0 saturated carbocycles. The lowest BCUT2D eigenvalue weighted by molar-refractivity contribution is -0.384. The topological polar surface area (TPSA) is 72.2 Å². The molecule has 94 valence electrons. The van der Waals surface area contributed by atoms with Crippen molar-refractivity contribution >= 4 is 45.6 Å². The number of halogens is 2. The molecule has 0 radical (unpaired) electrons. The summed E-state index contributed by atoms with van der Waals surface area (Å²) in [6.07, 6.45) is 0. The van der Waals surface area contributed by atoms with E-state index in [9.17, 15) is 10.1 Å². The lowest BCUT2D eigenvalue weighted by Gasteiger charge is -2.13. The Hall–Kier alpha value is -1.66. The summed E-state index contributed by atoms with van der Waals surface area (Å²) in [5.74, 6) is 0. The van der Waals surface area contributed by atoms with Crippen LogP contribution in [-0.4, -0.2) is 29.0 Å². The van der Waals surface area contributed by atoms with Gasteiger partial charge in [0, 0.05) is 20.2 Å². The van der Waals surface area contributed by atoms with Gasteiger partial charge in [0.15, 0.2) is 10.3 Å². The first-order chi connectivity index (χ1) is 8.40. The van der Waals surface area contributed by atoms with Gasteiger partial charge in [-0.05, 0) is 6.07 Å². The predicted octanol–water partition coefficient (Wildman–Crippen LogP) is 2.91. The first-order valence-corrected chi connectivity index (χ1v) is 5.64. The standard InChI is InChI=1S/C10H8Cl2N4O2/c1-15(2)7-3-5-6(4-8(7)16(17)18)14-10(12)9(11)13-5/h3-4H,1-2H3. The molecule has 0 spiro atoms. The maximum atomic E-state index is 11.0. The van der Waals surface area contributed by atoms with Crippen LogP contribution in [0.1, 0.15) is 0 Å². The minimum absolute atomic E-state index is 0.0241. The highest BCUT2D eigenvalue weighted by molar-refractivity contribution is 6.40. The van der Waals surface area contributed by atoms with Crippen molar-refractivity contribution in [1.29, 1.82) is 0 Å². The lowest BCUT2D eigenvalue weighted by atomic mass is 10.2. The number of hydrogen-bond donors (Lipinski definition) is 0. The Bertz CT molecular complexity index is 645. The SMILES string of the molecule is CN(C)c1cc2nc(Cl)c(Cl)nc2cc1[N+](=O)[O-]. The maximum Gasteiger partial charge on any atom is 0.294 e. The van der Waals surface area contributed by atoms with Crippen LogP contribution in [0.3, 0.4) is 0 Å². The minimum Gasteiger partial charge on any atom is -0.372 e. The van der Waals surface area contributed by atoms with Gasteiger partial charge in [-0.25, -0.2) is 9.97 Å². The van der Waals surface area contributed by atoms with E-state index in [1.54, 1.807) is 25.1 Å². The van der Waals surface area contributed by atoms with Crippen LogP contribution in [0, 0.1) is 10.1 Å². The van der Waals surface area contributed by atoms with Crippen LogP contribution >= 0.6 is 23.2 Å². The third-order valence-electron chi connectivity index (χ3n) is 2.36. The Morgan fingerprint density at radius 1 is 1.17 bits per heavy atom. The molecular weight excluding hydrogens is 279 g/mol. The average Bonchev–Trinajstić information content (AvgIpc) is 2.28. The third-order valence-corrected chi connectivity index (χ3v) is 2.98. The highest BCUT2D eigenvalue weighted by atomic mass is 35.5. The molecule has 0 N–H and O–H groups in total. The van der Waals surface area contributed by atoms with E-state index in [0.717, 1.165) is 0 Å². The number of nitrogens with zero attached hydrogens (tertiary/aromatic N) is 4. The van der Waals surface area contributed by atoms with E-state index in [2.05, 4.69) is 9.97 Å². The maximum absolute atomic E-state index is 11.0. The predicted molar refractivity (Wildman–Crippen MR) is 70.5 cm³/mol. The molecule has 0 amide bonds. The van der Waals surface area contributed by atoms with Crippen molar-refractivity contribution in [1.82, 2.24) is 9.97 Å². The van der Waals surface area contributed by atoms with Crippen LogP contribution in [0.4, 0.5) is 11.4 Å². The van der Waals surface area contributed by atoms with Crippen LogP contribution < -0.4 is 4.90 Å². The van der Waals surface area contributed by atoms with Crippen LogP contribution in [0.2, 0.25) is 10.3 Å². The minimum atomic E-state index is -0.473. The molecule has 8 heteroatoms. The van der Waals surface area contributed by atoms with Crippen molar-refractivity contribution in [2.24, 2.45) is 0 Å². The molecule has 18 heavy (non-hydrogen) atoms. The zero-order chi connectivity index (χ0) is 13.4. The van der Waals surface area contributed by atoms with Crippen LogP contribution in [0.25, 0.3) is 11.0 Å². The second kappa shape index (κ2) is 4.55. The van der Waals surface area contributed by atoms with Gasteiger partial charge in [-0.3, -0.25) is 10.1 Å². The molecule has 0 atom stereocenters. The van der Waals surface area contributed by atoms with Gasteiger partial charge >= 0.3 is 0 Å². The summed E-state index contributed by atoms with van der Waals surface area (Å²) >= 11 is 11.5. The summed E-state index contributed by atoms with van der Waals surface area (Å²) < 4.78 is 0. The van der Waals surface area contributed by atoms with Gasteiger partial charge in [-0.1, -0.05) is 23.2 Å². The summed E-state index contributed by atoms with van der Waals surface area (Å²) in [5, 5.41) is 11.1. The van der Waals surface area contributed by atoms with Gasteiger partial charge in [0.05, 0.1) is 16.0 Å². The molecule has 1 heterocycles. The van der Waals surface area contributed by atoms with E-state index < -0.39 is 4.92 Å². The fraction of sp³-hybridized carbons (Fsp3) is 0.200. The first-order valence-electron chi connectivity index (χ1n) is 4.88. The Labute approximate surface area is 112 Å². The molecule has 0 bridgehead atoms. The van der Waals surface area contributed by atoms with E-state index in [4.69, 9.17) is 23.2 Å². The van der Waals surface area contributed by atoms with E-state index in [-0.39, 0.29) is 16.0 Å². The summed E-state index contributed by atoms with van der Waals surface area (Å²) in [7, 11) is 3.41. The summed E-state index contributed by atoms with van der Waals surface area (Å²) in [5.41, 5.74) is 1.17. The van der Waals surface area contributed by atoms with Crippen LogP contribution in [0.15, 0.2) is 12.1 Å². The molecule has 0 aliphatic heterocycles. The molecule has 2 aromatic rings. The van der Waals surface area contributed by atoms with Gasteiger partial charge in [-0.2, -0.15) is 0 Å². The van der Waals surface area contributed by atoms with Crippen molar-refractivity contribution in [2.45, 2.75) is 0 Å². The molecule has 0 fully saturated rings. The Morgan fingerprint density at radius 2 is 1.67 bits per heavy atom. The summed E-state index contributed by atoms with van der Waals surface area (Å²) in [4.78, 5) is 20.2. The first kappa shape index (κ1) is 12.8. The molecule has 2 rings (SSSR count). The molecule has 0 unspecified atom stereocenters. The molecule has 0 aliphatic rings. The number of nitro benzene ring substituents is 1. The number of nitro groups is 1. The monoisotopic (exact) mass is 286 g/mol. The van der Waals surface area contributed by atoms with E-state index in [0.29, 0.717) is 16.7 Å². The van der Waals surface area contributed by atoms with Crippen LogP contribution in [-0.2, 0) is 0 Å². The summed E-state index contributed by atoms with van der Waals surface area (Å²) in [6, 6.07) is 2.89. The van der Waals surface area contributed by atoms with Crippen molar-refractivity contribution in [3.63, 3.8) is 0 Å². The number of anilines is 1. The lowest BCUT2D eigenvalue weighted by Crippen LogP contribution is -2.11. The number of rotatable bonds is 2. The largest absolute Gasteiger partial charge is 0.372 e. The number of benzene rings is 1. The second-order valence-electron chi connectivity index (χ2n) is 3.79. The Morgan fingerprint density at radius 3 is 2.11 bits per heavy atom. The van der Waals surface area contributed by atoms with Gasteiger partial charge < -0.3 is 4.90 Å². The molecule has 0 aliphatic carbocycles. The second-order valence-corrected chi connectivity index (χ2v) is 4.50. The molecule has 1 aromatic heterocycles.